The normalized spacial score (nSPS) is 12.5. The number of aromatic nitrogens is 2. The molecule has 4 heteroatoms. The number of hydrogen-bond acceptors (Lipinski definition) is 2. The van der Waals surface area contributed by atoms with Gasteiger partial charge in [0.2, 0.25) is 0 Å². The molecule has 0 bridgehead atoms. The summed E-state index contributed by atoms with van der Waals surface area (Å²) in [5.41, 5.74) is 3.66. The molecule has 0 radical (unpaired) electrons. The smallest absolute Gasteiger partial charge is 0.0654 e. The topological polar surface area (TPSA) is 29.9 Å². The van der Waals surface area contributed by atoms with Crippen molar-refractivity contribution in [2.24, 2.45) is 7.05 Å². The molecule has 0 fully saturated rings. The van der Waals surface area contributed by atoms with Gasteiger partial charge in [-0.3, -0.25) is 4.68 Å². The summed E-state index contributed by atoms with van der Waals surface area (Å²) in [6.07, 6.45) is 1.83. The summed E-state index contributed by atoms with van der Waals surface area (Å²) in [6, 6.07) is 8.60. The molecule has 1 unspecified atom stereocenters. The second-order valence-corrected chi connectivity index (χ2v) is 5.32. The lowest BCUT2D eigenvalue weighted by Gasteiger charge is -2.17. The molecule has 0 saturated carbocycles. The molecule has 2 rings (SSSR count). The Kier molecular flexibility index (Phi) is 3.71. The van der Waals surface area contributed by atoms with Gasteiger partial charge < -0.3 is 5.32 Å². The van der Waals surface area contributed by atoms with Crippen molar-refractivity contribution in [3.05, 3.63) is 45.3 Å². The van der Waals surface area contributed by atoms with Crippen LogP contribution in [-0.4, -0.2) is 9.78 Å². The molecule has 0 saturated heterocycles. The van der Waals surface area contributed by atoms with Gasteiger partial charge in [0.15, 0.2) is 0 Å². The number of halogens is 1. The van der Waals surface area contributed by atoms with Crippen LogP contribution in [0.15, 0.2) is 30.5 Å². The molecule has 3 nitrogen and oxygen atoms in total. The van der Waals surface area contributed by atoms with Crippen molar-refractivity contribution in [2.75, 3.05) is 5.32 Å². The lowest BCUT2D eigenvalue weighted by Crippen LogP contribution is -2.12. The van der Waals surface area contributed by atoms with E-state index >= 15 is 0 Å². The number of anilines is 1. The minimum atomic E-state index is 0.249. The van der Waals surface area contributed by atoms with E-state index in [4.69, 9.17) is 0 Å². The molecular weight excluding hydrogens is 325 g/mol. The van der Waals surface area contributed by atoms with E-state index in [2.05, 4.69) is 65.1 Å². The van der Waals surface area contributed by atoms with Crippen LogP contribution >= 0.6 is 22.6 Å². The van der Waals surface area contributed by atoms with Gasteiger partial charge in [0, 0.05) is 22.5 Å². The zero-order valence-corrected chi connectivity index (χ0v) is 12.4. The second-order valence-electron chi connectivity index (χ2n) is 4.16. The lowest BCUT2D eigenvalue weighted by atomic mass is 10.1. The molecule has 0 amide bonds. The molecule has 17 heavy (non-hydrogen) atoms. The number of nitrogens with zero attached hydrogens (tertiary/aromatic N) is 2. The van der Waals surface area contributed by atoms with Crippen molar-refractivity contribution in [2.45, 2.75) is 19.9 Å². The first-order valence-electron chi connectivity index (χ1n) is 5.59. The molecule has 0 aliphatic rings. The van der Waals surface area contributed by atoms with Gasteiger partial charge in [0.05, 0.1) is 11.7 Å². The van der Waals surface area contributed by atoms with Gasteiger partial charge in [-0.1, -0.05) is 6.07 Å². The molecule has 1 heterocycles. The maximum Gasteiger partial charge on any atom is 0.0654 e. The third-order valence-corrected chi connectivity index (χ3v) is 4.11. The van der Waals surface area contributed by atoms with Gasteiger partial charge in [-0.05, 0) is 60.2 Å². The molecule has 0 spiro atoms. The Hall–Kier alpha value is -1.04. The van der Waals surface area contributed by atoms with Crippen molar-refractivity contribution in [3.63, 3.8) is 0 Å². The van der Waals surface area contributed by atoms with Crippen molar-refractivity contribution in [1.82, 2.24) is 9.78 Å². The highest BCUT2D eigenvalue weighted by molar-refractivity contribution is 14.1. The number of hydrogen-bond donors (Lipinski definition) is 1. The van der Waals surface area contributed by atoms with Crippen molar-refractivity contribution in [1.29, 1.82) is 0 Å². The van der Waals surface area contributed by atoms with Crippen LogP contribution < -0.4 is 5.32 Å². The Morgan fingerprint density at radius 1 is 1.35 bits per heavy atom. The standard InChI is InChI=1S/C13H16IN3/c1-9-11(14)5-4-6-12(9)16-10(2)13-7-8-15-17(13)3/h4-8,10,16H,1-3H3. The molecule has 90 valence electrons. The zero-order chi connectivity index (χ0) is 12.4. The molecule has 0 aliphatic heterocycles. The monoisotopic (exact) mass is 341 g/mol. The summed E-state index contributed by atoms with van der Waals surface area (Å²) in [6.45, 7) is 4.29. The molecule has 0 aliphatic carbocycles. The van der Waals surface area contributed by atoms with Crippen LogP contribution in [0, 0.1) is 10.5 Å². The quantitative estimate of drug-likeness (QED) is 0.866. The summed E-state index contributed by atoms with van der Waals surface area (Å²) >= 11 is 2.36. The van der Waals surface area contributed by atoms with E-state index in [1.807, 2.05) is 24.0 Å². The van der Waals surface area contributed by atoms with E-state index in [9.17, 15) is 0 Å². The molecule has 1 atom stereocenters. The molecule has 1 aromatic carbocycles. The fourth-order valence-electron chi connectivity index (χ4n) is 1.88. The highest BCUT2D eigenvalue weighted by Crippen LogP contribution is 2.24. The highest BCUT2D eigenvalue weighted by Gasteiger charge is 2.10. The number of aryl methyl sites for hydroxylation is 1. The molecular formula is C13H16IN3. The van der Waals surface area contributed by atoms with Crippen LogP contribution in [0.3, 0.4) is 0 Å². The van der Waals surface area contributed by atoms with Crippen molar-refractivity contribution < 1.29 is 0 Å². The zero-order valence-electron chi connectivity index (χ0n) is 10.2. The average molecular weight is 341 g/mol. The fraction of sp³-hybridized carbons (Fsp3) is 0.308. The van der Waals surface area contributed by atoms with Gasteiger partial charge in [0.1, 0.15) is 0 Å². The highest BCUT2D eigenvalue weighted by atomic mass is 127. The lowest BCUT2D eigenvalue weighted by molar-refractivity contribution is 0.675. The third-order valence-electron chi connectivity index (χ3n) is 2.94. The predicted octanol–water partition coefficient (Wildman–Crippen LogP) is 3.51. The summed E-state index contributed by atoms with van der Waals surface area (Å²) in [4.78, 5) is 0. The number of nitrogens with one attached hydrogen (secondary N) is 1. The summed E-state index contributed by atoms with van der Waals surface area (Å²) in [5.74, 6) is 0. The van der Waals surface area contributed by atoms with E-state index < -0.39 is 0 Å². The van der Waals surface area contributed by atoms with Gasteiger partial charge in [-0.25, -0.2) is 0 Å². The predicted molar refractivity (Wildman–Crippen MR) is 79.1 cm³/mol. The van der Waals surface area contributed by atoms with Crippen LogP contribution in [0.2, 0.25) is 0 Å². The molecule has 2 aromatic rings. The average Bonchev–Trinajstić information content (AvgIpc) is 2.71. The Labute approximate surface area is 115 Å². The first-order chi connectivity index (χ1) is 8.09. The van der Waals surface area contributed by atoms with Crippen LogP contribution in [-0.2, 0) is 7.05 Å². The van der Waals surface area contributed by atoms with Crippen LogP contribution in [0.5, 0.6) is 0 Å². The maximum atomic E-state index is 4.19. The molecule has 1 N–H and O–H groups in total. The Morgan fingerprint density at radius 2 is 2.12 bits per heavy atom. The van der Waals surface area contributed by atoms with Crippen LogP contribution in [0.1, 0.15) is 24.2 Å². The third kappa shape index (κ3) is 2.62. The van der Waals surface area contributed by atoms with Crippen molar-refractivity contribution >= 4 is 28.3 Å². The van der Waals surface area contributed by atoms with Crippen molar-refractivity contribution in [3.8, 4) is 0 Å². The van der Waals surface area contributed by atoms with E-state index in [0.717, 1.165) is 0 Å². The minimum absolute atomic E-state index is 0.249. The van der Waals surface area contributed by atoms with E-state index in [1.54, 1.807) is 0 Å². The number of benzene rings is 1. The Bertz CT molecular complexity index is 519. The van der Waals surface area contributed by atoms with E-state index in [-0.39, 0.29) is 6.04 Å². The first-order valence-corrected chi connectivity index (χ1v) is 6.67. The van der Waals surface area contributed by atoms with Crippen LogP contribution in [0.25, 0.3) is 0 Å². The molecule has 1 aromatic heterocycles. The van der Waals surface area contributed by atoms with Gasteiger partial charge >= 0.3 is 0 Å². The largest absolute Gasteiger partial charge is 0.377 e. The summed E-state index contributed by atoms with van der Waals surface area (Å²) in [7, 11) is 1.97. The van der Waals surface area contributed by atoms with Gasteiger partial charge in [-0.15, -0.1) is 0 Å². The van der Waals surface area contributed by atoms with Gasteiger partial charge in [-0.2, -0.15) is 5.10 Å². The minimum Gasteiger partial charge on any atom is -0.377 e. The van der Waals surface area contributed by atoms with E-state index in [1.165, 1.54) is 20.5 Å². The first kappa shape index (κ1) is 12.4. The van der Waals surface area contributed by atoms with E-state index in [0.29, 0.717) is 0 Å². The SMILES string of the molecule is Cc1c(I)cccc1NC(C)c1ccnn1C. The maximum absolute atomic E-state index is 4.19. The second kappa shape index (κ2) is 5.08. The number of rotatable bonds is 3. The Morgan fingerprint density at radius 3 is 2.76 bits per heavy atom. The van der Waals surface area contributed by atoms with Crippen LogP contribution in [0.4, 0.5) is 5.69 Å². The summed E-state index contributed by atoms with van der Waals surface area (Å²) < 4.78 is 3.19. The van der Waals surface area contributed by atoms with Gasteiger partial charge in [0.25, 0.3) is 0 Å². The fourth-order valence-corrected chi connectivity index (χ4v) is 2.38. The summed E-state index contributed by atoms with van der Waals surface area (Å²) in [5, 5.41) is 7.72. The Balaban J connectivity index is 2.22.